The topological polar surface area (TPSA) is 83.3 Å². The summed E-state index contributed by atoms with van der Waals surface area (Å²) in [7, 11) is 0. The molecule has 0 saturated carbocycles. The molecule has 0 fully saturated rings. The molecule has 19 heavy (non-hydrogen) atoms. The fourth-order valence-corrected chi connectivity index (χ4v) is 2.10. The minimum atomic E-state index is -1.61. The van der Waals surface area contributed by atoms with Crippen LogP contribution in [0.15, 0.2) is 29.1 Å². The van der Waals surface area contributed by atoms with Crippen LogP contribution >= 0.6 is 0 Å². The lowest BCUT2D eigenvalue weighted by Gasteiger charge is -2.03. The Morgan fingerprint density at radius 3 is 2.95 bits per heavy atom. The van der Waals surface area contributed by atoms with Crippen LogP contribution in [0, 0.1) is 0 Å². The van der Waals surface area contributed by atoms with Gasteiger partial charge in [-0.3, -0.25) is 4.79 Å². The van der Waals surface area contributed by atoms with E-state index in [1.165, 1.54) is 0 Å². The Balaban J connectivity index is 2.11. The molecule has 2 rings (SSSR count). The Labute approximate surface area is 111 Å². The van der Waals surface area contributed by atoms with E-state index in [1.54, 1.807) is 24.3 Å². The average molecular weight is 283 g/mol. The SMILES string of the molecule is CCCCS(=O)OOn1nnc2ccccc2c1=O. The van der Waals surface area contributed by atoms with Crippen LogP contribution in [0.25, 0.3) is 10.9 Å². The third-order valence-corrected chi connectivity index (χ3v) is 3.22. The van der Waals surface area contributed by atoms with Crippen molar-refractivity contribution in [1.29, 1.82) is 0 Å². The van der Waals surface area contributed by atoms with Crippen molar-refractivity contribution in [3.8, 4) is 0 Å². The van der Waals surface area contributed by atoms with Gasteiger partial charge in [-0.2, -0.15) is 0 Å². The zero-order chi connectivity index (χ0) is 13.7. The van der Waals surface area contributed by atoms with Crippen LogP contribution < -0.4 is 10.5 Å². The van der Waals surface area contributed by atoms with Gasteiger partial charge < -0.3 is 0 Å². The molecule has 1 aromatic carbocycles. The molecule has 0 amide bonds. The molecule has 1 atom stereocenters. The molecule has 0 bridgehead atoms. The van der Waals surface area contributed by atoms with Crippen molar-refractivity contribution in [3.63, 3.8) is 0 Å². The molecule has 0 aliphatic rings. The summed E-state index contributed by atoms with van der Waals surface area (Å²) in [5.74, 6) is 0.340. The predicted molar refractivity (Wildman–Crippen MR) is 69.4 cm³/mol. The average Bonchev–Trinajstić information content (AvgIpc) is 2.44. The second-order valence-electron chi connectivity index (χ2n) is 3.79. The van der Waals surface area contributed by atoms with E-state index in [1.807, 2.05) is 6.92 Å². The van der Waals surface area contributed by atoms with E-state index in [0.29, 0.717) is 21.5 Å². The van der Waals surface area contributed by atoms with Gasteiger partial charge in [-0.15, -0.1) is 5.10 Å². The second kappa shape index (κ2) is 6.39. The van der Waals surface area contributed by atoms with Crippen molar-refractivity contribution < 1.29 is 13.5 Å². The number of hydrogen-bond acceptors (Lipinski definition) is 6. The first-order valence-electron chi connectivity index (χ1n) is 5.81. The van der Waals surface area contributed by atoms with E-state index in [0.717, 1.165) is 12.8 Å². The fourth-order valence-electron chi connectivity index (χ4n) is 1.38. The van der Waals surface area contributed by atoms with Gasteiger partial charge in [0, 0.05) is 4.85 Å². The highest BCUT2D eigenvalue weighted by atomic mass is 32.2. The van der Waals surface area contributed by atoms with Gasteiger partial charge in [-0.25, -0.2) is 9.20 Å². The first kappa shape index (κ1) is 13.6. The Morgan fingerprint density at radius 1 is 1.37 bits per heavy atom. The molecule has 0 spiro atoms. The summed E-state index contributed by atoms with van der Waals surface area (Å²) in [6, 6.07) is 6.71. The van der Waals surface area contributed by atoms with Gasteiger partial charge in [0.2, 0.25) is 11.1 Å². The zero-order valence-electron chi connectivity index (χ0n) is 10.3. The quantitative estimate of drug-likeness (QED) is 0.570. The molecule has 8 heteroatoms. The van der Waals surface area contributed by atoms with Gasteiger partial charge in [0.15, 0.2) is 0 Å². The lowest BCUT2D eigenvalue weighted by atomic mass is 10.2. The van der Waals surface area contributed by atoms with E-state index >= 15 is 0 Å². The summed E-state index contributed by atoms with van der Waals surface area (Å²) in [6.07, 6.45) is 1.64. The van der Waals surface area contributed by atoms with Gasteiger partial charge in [-0.05, 0) is 23.8 Å². The van der Waals surface area contributed by atoms with Gasteiger partial charge in [0.25, 0.3) is 0 Å². The van der Waals surface area contributed by atoms with Gasteiger partial charge in [0.1, 0.15) is 5.52 Å². The van der Waals surface area contributed by atoms with E-state index in [9.17, 15) is 9.00 Å². The van der Waals surface area contributed by atoms with Crippen LogP contribution in [0.5, 0.6) is 0 Å². The lowest BCUT2D eigenvalue weighted by Crippen LogP contribution is -2.31. The standard InChI is InChI=1S/C11H13N3O4S/c1-2-3-8-19(16)18-17-14-11(15)9-6-4-5-7-10(9)12-13-14/h4-7H,2-3,8H2,1H3. The molecule has 0 radical (unpaired) electrons. The van der Waals surface area contributed by atoms with Gasteiger partial charge >= 0.3 is 5.56 Å². The Kier molecular flexibility index (Phi) is 4.58. The maximum absolute atomic E-state index is 11.9. The van der Waals surface area contributed by atoms with Crippen LogP contribution in [-0.4, -0.2) is 25.1 Å². The smallest absolute Gasteiger partial charge is 0.263 e. The van der Waals surface area contributed by atoms with Crippen molar-refractivity contribution in [1.82, 2.24) is 15.2 Å². The van der Waals surface area contributed by atoms with Crippen molar-refractivity contribution >= 4 is 22.0 Å². The molecular formula is C11H13N3O4S. The van der Waals surface area contributed by atoms with E-state index in [-0.39, 0.29) is 0 Å². The Bertz CT molecular complexity index is 643. The van der Waals surface area contributed by atoms with Crippen molar-refractivity contribution in [2.45, 2.75) is 19.8 Å². The maximum atomic E-state index is 11.9. The number of fused-ring (bicyclic) bond motifs is 1. The number of benzene rings is 1. The largest absolute Gasteiger partial charge is 0.318 e. The van der Waals surface area contributed by atoms with Crippen molar-refractivity contribution in [3.05, 3.63) is 34.6 Å². The molecule has 1 heterocycles. The second-order valence-corrected chi connectivity index (χ2v) is 4.94. The van der Waals surface area contributed by atoms with Gasteiger partial charge in [0.05, 0.1) is 11.1 Å². The molecule has 2 aromatic rings. The highest BCUT2D eigenvalue weighted by Gasteiger charge is 2.08. The molecule has 0 aliphatic heterocycles. The fraction of sp³-hybridized carbons (Fsp3) is 0.364. The summed E-state index contributed by atoms with van der Waals surface area (Å²) in [6.45, 7) is 1.97. The van der Waals surface area contributed by atoms with Crippen LogP contribution in [0.3, 0.4) is 0 Å². The molecule has 0 N–H and O–H groups in total. The zero-order valence-corrected chi connectivity index (χ0v) is 11.1. The highest BCUT2D eigenvalue weighted by Crippen LogP contribution is 2.02. The van der Waals surface area contributed by atoms with E-state index in [4.69, 9.17) is 0 Å². The highest BCUT2D eigenvalue weighted by molar-refractivity contribution is 7.80. The van der Waals surface area contributed by atoms with E-state index in [2.05, 4.69) is 19.6 Å². The van der Waals surface area contributed by atoms with Crippen LogP contribution in [0.4, 0.5) is 0 Å². The summed E-state index contributed by atoms with van der Waals surface area (Å²) in [5, 5.41) is 7.67. The molecule has 1 aromatic heterocycles. The summed E-state index contributed by atoms with van der Waals surface area (Å²) in [4.78, 5) is 17.1. The van der Waals surface area contributed by atoms with Gasteiger partial charge in [-0.1, -0.05) is 29.8 Å². The summed E-state index contributed by atoms with van der Waals surface area (Å²) >= 11 is -1.61. The third kappa shape index (κ3) is 3.36. The number of hydrogen-bond donors (Lipinski definition) is 0. The minimum absolute atomic E-state index is 0.340. The number of aromatic nitrogens is 3. The first-order chi connectivity index (χ1) is 9.22. The third-order valence-electron chi connectivity index (χ3n) is 2.38. The predicted octanol–water partition coefficient (Wildman–Crippen LogP) is 0.615. The first-order valence-corrected chi connectivity index (χ1v) is 7.05. The van der Waals surface area contributed by atoms with Crippen LogP contribution in [0.2, 0.25) is 0 Å². The molecule has 0 saturated heterocycles. The Morgan fingerprint density at radius 2 is 2.16 bits per heavy atom. The molecule has 7 nitrogen and oxygen atoms in total. The van der Waals surface area contributed by atoms with E-state index < -0.39 is 16.6 Å². The summed E-state index contributed by atoms with van der Waals surface area (Å²) < 4.78 is 15.9. The summed E-state index contributed by atoms with van der Waals surface area (Å²) in [5.41, 5.74) is -0.0578. The number of unbranched alkanes of at least 4 members (excludes halogenated alkanes) is 1. The maximum Gasteiger partial charge on any atom is 0.318 e. The number of rotatable bonds is 6. The Hall–Kier alpha value is -1.80. The van der Waals surface area contributed by atoms with Crippen molar-refractivity contribution in [2.24, 2.45) is 0 Å². The number of nitrogens with zero attached hydrogens (tertiary/aromatic N) is 3. The van der Waals surface area contributed by atoms with Crippen molar-refractivity contribution in [2.75, 3.05) is 5.75 Å². The molecule has 1 unspecified atom stereocenters. The lowest BCUT2D eigenvalue weighted by molar-refractivity contribution is -0.216. The minimum Gasteiger partial charge on any atom is -0.263 e. The molecule has 0 aliphatic carbocycles. The normalized spacial score (nSPS) is 12.5. The monoisotopic (exact) mass is 283 g/mol. The van der Waals surface area contributed by atoms with Crippen LogP contribution in [-0.2, 0) is 15.4 Å². The van der Waals surface area contributed by atoms with Crippen LogP contribution in [0.1, 0.15) is 19.8 Å². The molecule has 102 valence electrons. The molecular weight excluding hydrogens is 270 g/mol.